The molecular formula is C13H15ClO2. The highest BCUT2D eigenvalue weighted by atomic mass is 35.5. The van der Waals surface area contributed by atoms with Crippen molar-refractivity contribution < 1.29 is 9.53 Å². The van der Waals surface area contributed by atoms with E-state index in [1.165, 1.54) is 12.7 Å². The molecule has 0 aliphatic heterocycles. The highest BCUT2D eigenvalue weighted by Crippen LogP contribution is 2.55. The molecule has 0 aromatic heterocycles. The number of benzene rings is 1. The van der Waals surface area contributed by atoms with Gasteiger partial charge in [-0.15, -0.1) is 11.6 Å². The summed E-state index contributed by atoms with van der Waals surface area (Å²) in [5.41, 5.74) is 1.73. The lowest BCUT2D eigenvalue weighted by Gasteiger charge is -2.15. The number of hydrogen-bond acceptors (Lipinski definition) is 2. The second kappa shape index (κ2) is 4.10. The maximum absolute atomic E-state index is 11.9. The van der Waals surface area contributed by atoms with Crippen LogP contribution in [-0.2, 0) is 14.9 Å². The zero-order chi connectivity index (χ0) is 11.8. The standard InChI is InChI=1S/C13H15ClO2/c1-9-3-5-10(6-4-9)13(12(15)16-2)7-11(13)8-14/h3-6,11H,7-8H2,1-2H3/t11-,13+/m1/s1. The molecule has 0 spiro atoms. The number of aryl methyl sites for hydroxylation is 1. The Labute approximate surface area is 101 Å². The minimum Gasteiger partial charge on any atom is -0.468 e. The average Bonchev–Trinajstić information content (AvgIpc) is 3.04. The highest BCUT2D eigenvalue weighted by Gasteiger charge is 2.61. The molecule has 0 unspecified atom stereocenters. The second-order valence-corrected chi connectivity index (χ2v) is 4.69. The van der Waals surface area contributed by atoms with E-state index >= 15 is 0 Å². The molecule has 2 nitrogen and oxygen atoms in total. The van der Waals surface area contributed by atoms with Crippen molar-refractivity contribution in [2.24, 2.45) is 5.92 Å². The molecule has 0 amide bonds. The summed E-state index contributed by atoms with van der Waals surface area (Å²) < 4.78 is 4.90. The topological polar surface area (TPSA) is 26.3 Å². The summed E-state index contributed by atoms with van der Waals surface area (Å²) in [5, 5.41) is 0. The Balaban J connectivity index is 2.35. The molecule has 1 aliphatic rings. The maximum Gasteiger partial charge on any atom is 0.316 e. The normalized spacial score (nSPS) is 27.6. The van der Waals surface area contributed by atoms with Crippen molar-refractivity contribution in [3.63, 3.8) is 0 Å². The molecule has 1 aromatic carbocycles. The smallest absolute Gasteiger partial charge is 0.316 e. The monoisotopic (exact) mass is 238 g/mol. The van der Waals surface area contributed by atoms with E-state index in [0.717, 1.165) is 12.0 Å². The molecule has 2 atom stereocenters. The van der Waals surface area contributed by atoms with Crippen molar-refractivity contribution >= 4 is 17.6 Å². The van der Waals surface area contributed by atoms with Gasteiger partial charge >= 0.3 is 5.97 Å². The molecule has 1 aromatic rings. The van der Waals surface area contributed by atoms with Crippen molar-refractivity contribution in [1.29, 1.82) is 0 Å². The van der Waals surface area contributed by atoms with E-state index < -0.39 is 5.41 Å². The van der Waals surface area contributed by atoms with Crippen LogP contribution in [-0.4, -0.2) is 19.0 Å². The predicted octanol–water partition coefficient (Wildman–Crippen LogP) is 2.66. The van der Waals surface area contributed by atoms with Gasteiger partial charge in [-0.1, -0.05) is 29.8 Å². The Morgan fingerprint density at radius 3 is 2.56 bits per heavy atom. The Morgan fingerprint density at radius 2 is 2.12 bits per heavy atom. The fourth-order valence-corrected chi connectivity index (χ4v) is 2.64. The minimum atomic E-state index is -0.482. The molecule has 1 fully saturated rings. The van der Waals surface area contributed by atoms with Gasteiger partial charge < -0.3 is 4.74 Å². The van der Waals surface area contributed by atoms with Gasteiger partial charge in [0, 0.05) is 5.88 Å². The van der Waals surface area contributed by atoms with E-state index in [-0.39, 0.29) is 11.9 Å². The Kier molecular flexibility index (Phi) is 2.94. The first-order chi connectivity index (χ1) is 7.65. The van der Waals surface area contributed by atoms with E-state index in [1.807, 2.05) is 31.2 Å². The van der Waals surface area contributed by atoms with E-state index in [2.05, 4.69) is 0 Å². The number of carbonyl (C=O) groups is 1. The summed E-state index contributed by atoms with van der Waals surface area (Å²) in [4.78, 5) is 11.9. The molecule has 0 saturated heterocycles. The molecule has 2 rings (SSSR count). The molecule has 3 heteroatoms. The van der Waals surface area contributed by atoms with E-state index in [4.69, 9.17) is 16.3 Å². The second-order valence-electron chi connectivity index (χ2n) is 4.38. The van der Waals surface area contributed by atoms with Crippen LogP contribution >= 0.6 is 11.6 Å². The van der Waals surface area contributed by atoms with Gasteiger partial charge in [-0.25, -0.2) is 0 Å². The number of halogens is 1. The highest BCUT2D eigenvalue weighted by molar-refractivity contribution is 6.18. The third-order valence-corrected chi connectivity index (χ3v) is 3.78. The Morgan fingerprint density at radius 1 is 1.50 bits per heavy atom. The summed E-state index contributed by atoms with van der Waals surface area (Å²) in [6.07, 6.45) is 0.798. The van der Waals surface area contributed by atoms with Crippen molar-refractivity contribution in [2.45, 2.75) is 18.8 Å². The molecule has 0 radical (unpaired) electrons. The summed E-state index contributed by atoms with van der Waals surface area (Å²) in [5.74, 6) is 0.550. The molecule has 1 saturated carbocycles. The van der Waals surface area contributed by atoms with Gasteiger partial charge in [0.2, 0.25) is 0 Å². The van der Waals surface area contributed by atoms with E-state index in [1.54, 1.807) is 0 Å². The van der Waals surface area contributed by atoms with Gasteiger partial charge in [0.1, 0.15) is 0 Å². The first-order valence-corrected chi connectivity index (χ1v) is 5.90. The third-order valence-electron chi connectivity index (χ3n) is 3.41. The summed E-state index contributed by atoms with van der Waals surface area (Å²) in [7, 11) is 1.43. The van der Waals surface area contributed by atoms with Crippen LogP contribution in [0.15, 0.2) is 24.3 Å². The largest absolute Gasteiger partial charge is 0.468 e. The van der Waals surface area contributed by atoms with Crippen molar-refractivity contribution in [3.8, 4) is 0 Å². The molecule has 86 valence electrons. The fraction of sp³-hybridized carbons (Fsp3) is 0.462. The number of ether oxygens (including phenoxy) is 1. The Bertz CT molecular complexity index is 399. The molecule has 0 N–H and O–H groups in total. The first-order valence-electron chi connectivity index (χ1n) is 5.36. The van der Waals surface area contributed by atoms with E-state index in [0.29, 0.717) is 5.88 Å². The zero-order valence-corrected chi connectivity index (χ0v) is 10.3. The van der Waals surface area contributed by atoms with Gasteiger partial charge in [0.25, 0.3) is 0 Å². The van der Waals surface area contributed by atoms with Gasteiger partial charge in [0.15, 0.2) is 0 Å². The number of rotatable bonds is 3. The number of methoxy groups -OCH3 is 1. The van der Waals surface area contributed by atoms with Crippen LogP contribution in [0.3, 0.4) is 0 Å². The molecular weight excluding hydrogens is 224 g/mol. The fourth-order valence-electron chi connectivity index (χ4n) is 2.27. The zero-order valence-electron chi connectivity index (χ0n) is 9.50. The molecule has 16 heavy (non-hydrogen) atoms. The van der Waals surface area contributed by atoms with Crippen molar-refractivity contribution in [1.82, 2.24) is 0 Å². The quantitative estimate of drug-likeness (QED) is 0.598. The van der Waals surface area contributed by atoms with Crippen LogP contribution in [0, 0.1) is 12.8 Å². The third kappa shape index (κ3) is 1.61. The van der Waals surface area contributed by atoms with Crippen molar-refractivity contribution in [2.75, 3.05) is 13.0 Å². The van der Waals surface area contributed by atoms with Gasteiger partial charge in [-0.3, -0.25) is 4.79 Å². The molecule has 0 heterocycles. The lowest BCUT2D eigenvalue weighted by atomic mass is 9.93. The number of alkyl halides is 1. The number of hydrogen-bond donors (Lipinski definition) is 0. The first kappa shape index (κ1) is 11.5. The van der Waals surface area contributed by atoms with E-state index in [9.17, 15) is 4.79 Å². The summed E-state index contributed by atoms with van der Waals surface area (Å²) in [6, 6.07) is 8.03. The summed E-state index contributed by atoms with van der Waals surface area (Å²) in [6.45, 7) is 2.03. The number of carbonyl (C=O) groups excluding carboxylic acids is 1. The van der Waals surface area contributed by atoms with Gasteiger partial charge in [-0.05, 0) is 24.8 Å². The Hall–Kier alpha value is -1.02. The van der Waals surface area contributed by atoms with Gasteiger partial charge in [0.05, 0.1) is 12.5 Å². The molecule has 0 bridgehead atoms. The van der Waals surface area contributed by atoms with Crippen LogP contribution in [0.25, 0.3) is 0 Å². The van der Waals surface area contributed by atoms with Crippen LogP contribution in [0.5, 0.6) is 0 Å². The number of esters is 1. The maximum atomic E-state index is 11.9. The lowest BCUT2D eigenvalue weighted by Crippen LogP contribution is -2.25. The van der Waals surface area contributed by atoms with Crippen LogP contribution in [0.4, 0.5) is 0 Å². The van der Waals surface area contributed by atoms with Crippen LogP contribution in [0.1, 0.15) is 17.5 Å². The predicted molar refractivity (Wildman–Crippen MR) is 63.7 cm³/mol. The summed E-state index contributed by atoms with van der Waals surface area (Å²) >= 11 is 5.86. The lowest BCUT2D eigenvalue weighted by molar-refractivity contribution is -0.144. The van der Waals surface area contributed by atoms with Crippen LogP contribution in [0.2, 0.25) is 0 Å². The average molecular weight is 239 g/mol. The van der Waals surface area contributed by atoms with Gasteiger partial charge in [-0.2, -0.15) is 0 Å². The molecule has 1 aliphatic carbocycles. The minimum absolute atomic E-state index is 0.165. The SMILES string of the molecule is COC(=O)[C@]1(c2ccc(C)cc2)C[C@@H]1CCl. The van der Waals surface area contributed by atoms with Crippen molar-refractivity contribution in [3.05, 3.63) is 35.4 Å². The van der Waals surface area contributed by atoms with Crippen LogP contribution < -0.4 is 0 Å².